The van der Waals surface area contributed by atoms with Gasteiger partial charge < -0.3 is 14.6 Å². The van der Waals surface area contributed by atoms with Gasteiger partial charge in [-0.25, -0.2) is 0 Å². The molecule has 0 bridgehead atoms. The number of aromatic nitrogens is 2. The number of nitrogens with one attached hydrogen (secondary N) is 1. The quantitative estimate of drug-likeness (QED) is 0.569. The first-order valence-electron chi connectivity index (χ1n) is 4.90. The zero-order chi connectivity index (χ0) is 12.0. The van der Waals surface area contributed by atoms with Crippen molar-refractivity contribution in [1.82, 2.24) is 15.5 Å². The molecular formula is C10H15N3O3. The molecule has 0 aliphatic carbocycles. The number of nitrogens with zero attached hydrogens (tertiary/aromatic N) is 2. The molecule has 1 aromatic rings. The van der Waals surface area contributed by atoms with Crippen LogP contribution in [0.5, 0.6) is 0 Å². The van der Waals surface area contributed by atoms with E-state index in [0.717, 1.165) is 5.57 Å². The second-order valence-electron chi connectivity index (χ2n) is 3.40. The Labute approximate surface area is 93.7 Å². The molecule has 16 heavy (non-hydrogen) atoms. The summed E-state index contributed by atoms with van der Waals surface area (Å²) < 4.78 is 9.89. The maximum atomic E-state index is 11.4. The lowest BCUT2D eigenvalue weighted by Crippen LogP contribution is -2.28. The minimum atomic E-state index is -0.365. The van der Waals surface area contributed by atoms with E-state index in [-0.39, 0.29) is 11.7 Å². The van der Waals surface area contributed by atoms with Crippen LogP contribution in [0.25, 0.3) is 0 Å². The summed E-state index contributed by atoms with van der Waals surface area (Å²) in [6.07, 6.45) is 0. The van der Waals surface area contributed by atoms with Crippen molar-refractivity contribution in [3.8, 4) is 0 Å². The highest BCUT2D eigenvalue weighted by atomic mass is 16.5. The van der Waals surface area contributed by atoms with Gasteiger partial charge in [-0.2, -0.15) is 4.98 Å². The summed E-state index contributed by atoms with van der Waals surface area (Å²) in [5.41, 5.74) is 0.945. The molecule has 1 N–H and O–H groups in total. The van der Waals surface area contributed by atoms with Crippen LogP contribution in [0.3, 0.4) is 0 Å². The number of hydrogen-bond acceptors (Lipinski definition) is 5. The lowest BCUT2D eigenvalue weighted by Gasteiger charge is -2.03. The third kappa shape index (κ3) is 4.22. The van der Waals surface area contributed by atoms with Gasteiger partial charge in [-0.15, -0.1) is 0 Å². The largest absolute Gasteiger partial charge is 0.375 e. The third-order valence-corrected chi connectivity index (χ3v) is 1.61. The first kappa shape index (κ1) is 12.4. The van der Waals surface area contributed by atoms with Crippen LogP contribution in [0.4, 0.5) is 0 Å². The van der Waals surface area contributed by atoms with Gasteiger partial charge in [-0.05, 0) is 6.92 Å². The highest BCUT2D eigenvalue weighted by Gasteiger charge is 2.11. The number of carbonyl (C=O) groups is 1. The highest BCUT2D eigenvalue weighted by Crippen LogP contribution is 1.94. The SMILES string of the molecule is C=C(C)COCCNC(=O)c1noc(C)n1. The van der Waals surface area contributed by atoms with Crippen LogP contribution in [-0.2, 0) is 4.74 Å². The molecule has 88 valence electrons. The van der Waals surface area contributed by atoms with Crippen molar-refractivity contribution < 1.29 is 14.1 Å². The smallest absolute Gasteiger partial charge is 0.292 e. The molecule has 0 radical (unpaired) electrons. The fourth-order valence-electron chi connectivity index (χ4n) is 0.954. The minimum Gasteiger partial charge on any atom is -0.375 e. The van der Waals surface area contributed by atoms with Gasteiger partial charge >= 0.3 is 0 Å². The van der Waals surface area contributed by atoms with Crippen LogP contribution in [0.1, 0.15) is 23.4 Å². The molecule has 1 rings (SSSR count). The van der Waals surface area contributed by atoms with E-state index in [4.69, 9.17) is 4.74 Å². The van der Waals surface area contributed by atoms with E-state index in [1.165, 1.54) is 0 Å². The topological polar surface area (TPSA) is 77.2 Å². The lowest BCUT2D eigenvalue weighted by molar-refractivity contribution is 0.0913. The molecule has 1 heterocycles. The second-order valence-corrected chi connectivity index (χ2v) is 3.40. The summed E-state index contributed by atoms with van der Waals surface area (Å²) in [6, 6.07) is 0. The number of rotatable bonds is 6. The van der Waals surface area contributed by atoms with Gasteiger partial charge in [0, 0.05) is 13.5 Å². The highest BCUT2D eigenvalue weighted by molar-refractivity contribution is 5.90. The average Bonchev–Trinajstić information content (AvgIpc) is 2.63. The van der Waals surface area contributed by atoms with Gasteiger partial charge in [-0.3, -0.25) is 4.79 Å². The molecule has 0 saturated heterocycles. The monoisotopic (exact) mass is 225 g/mol. The molecule has 0 aliphatic heterocycles. The van der Waals surface area contributed by atoms with Crippen LogP contribution in [0.2, 0.25) is 0 Å². The zero-order valence-electron chi connectivity index (χ0n) is 9.45. The van der Waals surface area contributed by atoms with Crippen molar-refractivity contribution in [2.24, 2.45) is 0 Å². The minimum absolute atomic E-state index is 0.0393. The maximum Gasteiger partial charge on any atom is 0.292 e. The van der Waals surface area contributed by atoms with Crippen LogP contribution < -0.4 is 5.32 Å². The molecule has 0 fully saturated rings. The first-order valence-corrected chi connectivity index (χ1v) is 4.90. The summed E-state index contributed by atoms with van der Waals surface area (Å²) in [4.78, 5) is 15.2. The standard InChI is InChI=1S/C10H15N3O3/c1-7(2)6-15-5-4-11-10(14)9-12-8(3)16-13-9/h1,4-6H2,2-3H3,(H,11,14). The van der Waals surface area contributed by atoms with E-state index in [1.807, 2.05) is 6.92 Å². The van der Waals surface area contributed by atoms with Crippen LogP contribution in [-0.4, -0.2) is 35.8 Å². The van der Waals surface area contributed by atoms with Crippen molar-refractivity contribution in [3.63, 3.8) is 0 Å². The number of aryl methyl sites for hydroxylation is 1. The summed E-state index contributed by atoms with van der Waals surface area (Å²) in [5, 5.41) is 6.10. The summed E-state index contributed by atoms with van der Waals surface area (Å²) in [5.74, 6) is 0.0388. The van der Waals surface area contributed by atoms with Crippen molar-refractivity contribution >= 4 is 5.91 Å². The zero-order valence-corrected chi connectivity index (χ0v) is 9.45. The van der Waals surface area contributed by atoms with Gasteiger partial charge in [0.1, 0.15) is 0 Å². The van der Waals surface area contributed by atoms with E-state index >= 15 is 0 Å². The third-order valence-electron chi connectivity index (χ3n) is 1.61. The van der Waals surface area contributed by atoms with E-state index in [0.29, 0.717) is 25.6 Å². The number of amides is 1. The molecule has 0 saturated carbocycles. The Morgan fingerprint density at radius 1 is 1.62 bits per heavy atom. The fourth-order valence-corrected chi connectivity index (χ4v) is 0.954. The molecule has 6 nitrogen and oxygen atoms in total. The van der Waals surface area contributed by atoms with Crippen LogP contribution in [0.15, 0.2) is 16.7 Å². The van der Waals surface area contributed by atoms with Gasteiger partial charge in [0.2, 0.25) is 5.89 Å². The number of hydrogen-bond donors (Lipinski definition) is 1. The normalized spacial score (nSPS) is 10.1. The Bertz CT molecular complexity index is 373. The van der Waals surface area contributed by atoms with E-state index in [2.05, 4.69) is 26.6 Å². The van der Waals surface area contributed by atoms with Gasteiger partial charge in [0.05, 0.1) is 13.2 Å². The Morgan fingerprint density at radius 2 is 2.38 bits per heavy atom. The molecule has 0 aromatic carbocycles. The van der Waals surface area contributed by atoms with Crippen molar-refractivity contribution in [3.05, 3.63) is 23.9 Å². The molecule has 1 aromatic heterocycles. The van der Waals surface area contributed by atoms with Gasteiger partial charge in [0.25, 0.3) is 11.7 Å². The van der Waals surface area contributed by atoms with E-state index < -0.39 is 0 Å². The fraction of sp³-hybridized carbons (Fsp3) is 0.500. The van der Waals surface area contributed by atoms with Crippen molar-refractivity contribution in [1.29, 1.82) is 0 Å². The maximum absolute atomic E-state index is 11.4. The first-order chi connectivity index (χ1) is 7.59. The van der Waals surface area contributed by atoms with Crippen molar-refractivity contribution in [2.75, 3.05) is 19.8 Å². The summed E-state index contributed by atoms with van der Waals surface area (Å²) >= 11 is 0. The summed E-state index contributed by atoms with van der Waals surface area (Å²) in [7, 11) is 0. The van der Waals surface area contributed by atoms with Crippen molar-refractivity contribution in [2.45, 2.75) is 13.8 Å². The molecule has 0 spiro atoms. The molecule has 1 amide bonds. The Hall–Kier alpha value is -1.69. The Morgan fingerprint density at radius 3 is 2.94 bits per heavy atom. The molecule has 0 unspecified atom stereocenters. The second kappa shape index (κ2) is 6.02. The molecule has 0 atom stereocenters. The lowest BCUT2D eigenvalue weighted by atomic mass is 10.4. The molecule has 0 aliphatic rings. The number of ether oxygens (including phenoxy) is 1. The van der Waals surface area contributed by atoms with E-state index in [9.17, 15) is 4.79 Å². The Kier molecular flexibility index (Phi) is 4.65. The summed E-state index contributed by atoms with van der Waals surface area (Å²) in [6.45, 7) is 8.52. The van der Waals surface area contributed by atoms with Gasteiger partial charge in [-0.1, -0.05) is 17.3 Å². The average molecular weight is 225 g/mol. The van der Waals surface area contributed by atoms with Crippen LogP contribution >= 0.6 is 0 Å². The Balaban J connectivity index is 2.18. The predicted molar refractivity (Wildman–Crippen MR) is 57.0 cm³/mol. The van der Waals surface area contributed by atoms with Crippen LogP contribution in [0, 0.1) is 6.92 Å². The van der Waals surface area contributed by atoms with Gasteiger partial charge in [0.15, 0.2) is 0 Å². The molecule has 6 heteroatoms. The predicted octanol–water partition coefficient (Wildman–Crippen LogP) is 0.701. The number of carbonyl (C=O) groups excluding carboxylic acids is 1. The molecular weight excluding hydrogens is 210 g/mol. The van der Waals surface area contributed by atoms with E-state index in [1.54, 1.807) is 6.92 Å².